The third-order valence-electron chi connectivity index (χ3n) is 4.98. The van der Waals surface area contributed by atoms with E-state index in [4.69, 9.17) is 9.47 Å². The third kappa shape index (κ3) is 4.56. The second kappa shape index (κ2) is 8.61. The Morgan fingerprint density at radius 2 is 2.07 bits per heavy atom. The first-order valence-electron chi connectivity index (χ1n) is 9.62. The summed E-state index contributed by atoms with van der Waals surface area (Å²) in [5.74, 6) is 1.56. The number of nitrogens with one attached hydrogen (secondary N) is 1. The summed E-state index contributed by atoms with van der Waals surface area (Å²) in [6, 6.07) is 8.93. The van der Waals surface area contributed by atoms with Crippen LogP contribution in [0.4, 0.5) is 5.13 Å². The van der Waals surface area contributed by atoms with Gasteiger partial charge in [-0.25, -0.2) is 4.98 Å². The fraction of sp³-hybridized carbons (Fsp3) is 0.318. The Balaban J connectivity index is 1.48. The van der Waals surface area contributed by atoms with Crippen molar-refractivity contribution in [1.82, 2.24) is 9.97 Å². The first-order chi connectivity index (χ1) is 14.1. The number of anilines is 1. The van der Waals surface area contributed by atoms with Gasteiger partial charge in [-0.05, 0) is 61.1 Å². The first kappa shape index (κ1) is 19.4. The maximum absolute atomic E-state index is 12.8. The molecule has 7 heteroatoms. The van der Waals surface area contributed by atoms with Crippen molar-refractivity contribution in [1.29, 1.82) is 0 Å². The van der Waals surface area contributed by atoms with Crippen LogP contribution in [0.3, 0.4) is 0 Å². The Morgan fingerprint density at radius 1 is 1.24 bits per heavy atom. The van der Waals surface area contributed by atoms with Gasteiger partial charge in [0, 0.05) is 22.8 Å². The highest BCUT2D eigenvalue weighted by Gasteiger charge is 2.21. The summed E-state index contributed by atoms with van der Waals surface area (Å²) in [4.78, 5) is 22.7. The Kier molecular flexibility index (Phi) is 5.76. The van der Waals surface area contributed by atoms with Gasteiger partial charge in [-0.15, -0.1) is 11.3 Å². The predicted molar refractivity (Wildman–Crippen MR) is 113 cm³/mol. The Hall–Kier alpha value is -2.93. The normalized spacial score (nSPS) is 15.4. The van der Waals surface area contributed by atoms with Gasteiger partial charge in [-0.2, -0.15) is 0 Å². The zero-order valence-corrected chi connectivity index (χ0v) is 17.3. The van der Waals surface area contributed by atoms with E-state index in [-0.39, 0.29) is 5.91 Å². The van der Waals surface area contributed by atoms with Gasteiger partial charge in [0.25, 0.3) is 5.91 Å². The highest BCUT2D eigenvalue weighted by atomic mass is 32.1. The molecule has 2 aromatic heterocycles. The number of carbonyl (C=O) groups is 1. The molecule has 6 nitrogen and oxygen atoms in total. The molecule has 0 fully saturated rings. The molecule has 3 aromatic rings. The first-order valence-corrected chi connectivity index (χ1v) is 10.4. The second-order valence-electron chi connectivity index (χ2n) is 7.20. The van der Waals surface area contributed by atoms with Crippen molar-refractivity contribution in [2.75, 3.05) is 12.4 Å². The molecule has 1 aliphatic rings. The molecule has 1 atom stereocenters. The van der Waals surface area contributed by atoms with Crippen molar-refractivity contribution in [2.24, 2.45) is 5.92 Å². The molecular weight excluding hydrogens is 386 g/mol. The minimum Gasteiger partial charge on any atom is -0.493 e. The standard InChI is InChI=1S/C22H23N3O3S/c1-14-3-5-17-20(11-14)29-22(24-17)25-21(26)16-4-6-18(27-2)19(12-16)28-13-15-7-9-23-10-8-15/h4,6-10,12,14H,3,5,11,13H2,1-2H3,(H,24,25,26)/t14-/m0/s1. The number of carbonyl (C=O) groups excluding carboxylic acids is 1. The van der Waals surface area contributed by atoms with Crippen LogP contribution in [0.1, 0.15) is 39.8 Å². The van der Waals surface area contributed by atoms with E-state index in [1.54, 1.807) is 49.0 Å². The quantitative estimate of drug-likeness (QED) is 0.649. The van der Waals surface area contributed by atoms with E-state index >= 15 is 0 Å². The molecule has 2 heterocycles. The summed E-state index contributed by atoms with van der Waals surface area (Å²) >= 11 is 1.58. The van der Waals surface area contributed by atoms with Gasteiger partial charge in [0.1, 0.15) is 6.61 Å². The maximum Gasteiger partial charge on any atom is 0.257 e. The molecule has 150 valence electrons. The molecule has 0 aliphatic heterocycles. The van der Waals surface area contributed by atoms with E-state index in [0.717, 1.165) is 30.5 Å². The highest BCUT2D eigenvalue weighted by Crippen LogP contribution is 2.33. The van der Waals surface area contributed by atoms with Crippen LogP contribution in [0, 0.1) is 5.92 Å². The van der Waals surface area contributed by atoms with Crippen LogP contribution in [-0.2, 0) is 19.4 Å². The van der Waals surface area contributed by atoms with Crippen molar-refractivity contribution in [3.05, 3.63) is 64.4 Å². The van der Waals surface area contributed by atoms with Gasteiger partial charge < -0.3 is 9.47 Å². The van der Waals surface area contributed by atoms with Crippen molar-refractivity contribution in [3.8, 4) is 11.5 Å². The number of ether oxygens (including phenoxy) is 2. The van der Waals surface area contributed by atoms with Crippen LogP contribution >= 0.6 is 11.3 Å². The lowest BCUT2D eigenvalue weighted by molar-refractivity contribution is 0.102. The van der Waals surface area contributed by atoms with Crippen molar-refractivity contribution in [3.63, 3.8) is 0 Å². The molecule has 1 aliphatic carbocycles. The fourth-order valence-electron chi connectivity index (χ4n) is 3.33. The number of aryl methyl sites for hydroxylation is 1. The summed E-state index contributed by atoms with van der Waals surface area (Å²) in [6.07, 6.45) is 6.61. The Bertz CT molecular complexity index is 1000. The predicted octanol–water partition coefficient (Wildman–Crippen LogP) is 4.50. The van der Waals surface area contributed by atoms with E-state index in [1.165, 1.54) is 4.88 Å². The van der Waals surface area contributed by atoms with E-state index in [2.05, 4.69) is 22.2 Å². The summed E-state index contributed by atoms with van der Waals surface area (Å²) in [6.45, 7) is 2.62. The van der Waals surface area contributed by atoms with Crippen LogP contribution in [-0.4, -0.2) is 23.0 Å². The topological polar surface area (TPSA) is 73.3 Å². The third-order valence-corrected chi connectivity index (χ3v) is 6.01. The lowest BCUT2D eigenvalue weighted by Crippen LogP contribution is -2.12. The summed E-state index contributed by atoms with van der Waals surface area (Å²) in [7, 11) is 1.58. The number of rotatable bonds is 6. The van der Waals surface area contributed by atoms with E-state index in [1.807, 2.05) is 12.1 Å². The number of nitrogens with zero attached hydrogens (tertiary/aromatic N) is 2. The maximum atomic E-state index is 12.8. The minimum atomic E-state index is -0.208. The largest absolute Gasteiger partial charge is 0.493 e. The Morgan fingerprint density at radius 3 is 2.86 bits per heavy atom. The number of thiazole rings is 1. The van der Waals surface area contributed by atoms with Crippen LogP contribution in [0.25, 0.3) is 0 Å². The average molecular weight is 410 g/mol. The number of amides is 1. The lowest BCUT2D eigenvalue weighted by Gasteiger charge is -2.15. The van der Waals surface area contributed by atoms with E-state index in [9.17, 15) is 4.79 Å². The van der Waals surface area contributed by atoms with Gasteiger partial charge in [-0.3, -0.25) is 15.1 Å². The van der Waals surface area contributed by atoms with Gasteiger partial charge in [-0.1, -0.05) is 6.92 Å². The van der Waals surface area contributed by atoms with E-state index < -0.39 is 0 Å². The van der Waals surface area contributed by atoms with Crippen LogP contribution in [0.5, 0.6) is 11.5 Å². The van der Waals surface area contributed by atoms with Crippen molar-refractivity contribution < 1.29 is 14.3 Å². The lowest BCUT2D eigenvalue weighted by atomic mass is 9.93. The molecule has 1 aromatic carbocycles. The number of hydrogen-bond acceptors (Lipinski definition) is 6. The molecule has 0 unspecified atom stereocenters. The number of hydrogen-bond donors (Lipinski definition) is 1. The van der Waals surface area contributed by atoms with Gasteiger partial charge in [0.2, 0.25) is 0 Å². The molecular formula is C22H23N3O3S. The van der Waals surface area contributed by atoms with Crippen molar-refractivity contribution >= 4 is 22.4 Å². The number of benzene rings is 1. The number of fused-ring (bicyclic) bond motifs is 1. The van der Waals surface area contributed by atoms with Crippen LogP contribution in [0.15, 0.2) is 42.7 Å². The summed E-state index contributed by atoms with van der Waals surface area (Å²) in [5, 5.41) is 3.59. The van der Waals surface area contributed by atoms with Gasteiger partial charge in [0.15, 0.2) is 16.6 Å². The molecule has 0 spiro atoms. The number of aromatic nitrogens is 2. The van der Waals surface area contributed by atoms with Gasteiger partial charge in [0.05, 0.1) is 12.8 Å². The Labute approximate surface area is 173 Å². The highest BCUT2D eigenvalue weighted by molar-refractivity contribution is 7.15. The molecule has 0 bridgehead atoms. The molecule has 0 saturated heterocycles. The summed E-state index contributed by atoms with van der Waals surface area (Å²) in [5.41, 5.74) is 2.61. The van der Waals surface area contributed by atoms with Crippen molar-refractivity contribution in [2.45, 2.75) is 32.8 Å². The summed E-state index contributed by atoms with van der Waals surface area (Å²) < 4.78 is 11.3. The molecule has 4 rings (SSSR count). The smallest absolute Gasteiger partial charge is 0.257 e. The molecule has 29 heavy (non-hydrogen) atoms. The molecule has 1 N–H and O–H groups in total. The SMILES string of the molecule is COc1ccc(C(=O)Nc2nc3c(s2)C[C@@H](C)CC3)cc1OCc1ccncc1. The number of pyridine rings is 1. The van der Waals surface area contributed by atoms with Gasteiger partial charge >= 0.3 is 0 Å². The molecule has 0 radical (unpaired) electrons. The van der Waals surface area contributed by atoms with Crippen LogP contribution < -0.4 is 14.8 Å². The monoisotopic (exact) mass is 409 g/mol. The molecule has 1 amide bonds. The minimum absolute atomic E-state index is 0.208. The fourth-order valence-corrected chi connectivity index (χ4v) is 4.50. The second-order valence-corrected chi connectivity index (χ2v) is 8.28. The molecule has 0 saturated carbocycles. The average Bonchev–Trinajstić information content (AvgIpc) is 3.14. The number of methoxy groups -OCH3 is 1. The van der Waals surface area contributed by atoms with E-state index in [0.29, 0.717) is 34.7 Å². The zero-order valence-electron chi connectivity index (χ0n) is 16.5. The van der Waals surface area contributed by atoms with Crippen LogP contribution in [0.2, 0.25) is 0 Å². The zero-order chi connectivity index (χ0) is 20.2.